The number of azo groups is 2. The van der Waals surface area contributed by atoms with Gasteiger partial charge < -0.3 is 20.5 Å². The van der Waals surface area contributed by atoms with E-state index in [1.165, 1.54) is 21.0 Å². The van der Waals surface area contributed by atoms with Crippen LogP contribution in [0.2, 0.25) is 0 Å². The van der Waals surface area contributed by atoms with Gasteiger partial charge in [0, 0.05) is 16.9 Å². The van der Waals surface area contributed by atoms with Crippen LogP contribution in [0, 0.1) is 0 Å². The molecule has 0 saturated heterocycles. The van der Waals surface area contributed by atoms with E-state index < -0.39 is 35.5 Å². The lowest BCUT2D eigenvalue weighted by Gasteiger charge is -2.12. The molecular weight excluding hydrogens is 588 g/mol. The maximum Gasteiger partial charge on any atom is 0.258 e. The van der Waals surface area contributed by atoms with Crippen molar-refractivity contribution in [2.45, 2.75) is 32.5 Å². The summed E-state index contributed by atoms with van der Waals surface area (Å²) in [5.41, 5.74) is 3.42. The number of benzene rings is 4. The smallest absolute Gasteiger partial charge is 0.258 e. The maximum absolute atomic E-state index is 12.7. The first-order chi connectivity index (χ1) is 22.2. The Balaban J connectivity index is 1.53. The number of aliphatic hydroxyl groups excluding tert-OH is 1. The first-order valence-corrected chi connectivity index (χ1v) is 14.2. The van der Waals surface area contributed by atoms with Gasteiger partial charge in [-0.05, 0) is 73.5 Å². The van der Waals surface area contributed by atoms with Crippen LogP contribution in [0.15, 0.2) is 118 Å². The number of anilines is 2. The number of Topliss-reactive ketones (excluding diaryl/α,β-unsaturated/α-hetero) is 2. The van der Waals surface area contributed by atoms with Gasteiger partial charge in [0.1, 0.15) is 11.4 Å². The van der Waals surface area contributed by atoms with E-state index in [1.807, 2.05) is 0 Å². The predicted octanol–water partition coefficient (Wildman–Crippen LogP) is 6.21. The molecule has 0 saturated carbocycles. The summed E-state index contributed by atoms with van der Waals surface area (Å²) in [6, 6.07) is 24.7. The molecule has 4 aromatic rings. The average molecular weight is 621 g/mol. The Morgan fingerprint density at radius 3 is 1.59 bits per heavy atom. The number of ether oxygens (including phenoxy) is 1. The molecule has 2 unspecified atom stereocenters. The molecule has 4 rings (SSSR count). The van der Waals surface area contributed by atoms with Gasteiger partial charge in [0.15, 0.2) is 11.6 Å². The van der Waals surface area contributed by atoms with Crippen LogP contribution >= 0.6 is 0 Å². The Kier molecular flexibility index (Phi) is 11.3. The molecule has 234 valence electrons. The number of nitrogens with one attached hydrogen (secondary N) is 2. The lowest BCUT2D eigenvalue weighted by Crippen LogP contribution is -2.31. The second-order valence-corrected chi connectivity index (χ2v) is 10.1. The molecule has 12 nitrogen and oxygen atoms in total. The summed E-state index contributed by atoms with van der Waals surface area (Å²) in [7, 11) is 1.45. The van der Waals surface area contributed by atoms with Gasteiger partial charge in [-0.3, -0.25) is 19.2 Å². The van der Waals surface area contributed by atoms with Crippen molar-refractivity contribution in [3.63, 3.8) is 0 Å². The molecule has 46 heavy (non-hydrogen) atoms. The highest BCUT2D eigenvalue weighted by molar-refractivity contribution is 6.10. The number of carbonyl (C=O) groups excluding carboxylic acids is 4. The Morgan fingerprint density at radius 1 is 0.674 bits per heavy atom. The Labute approximate surface area is 265 Å². The number of para-hydroxylation sites is 2. The number of rotatable bonds is 13. The summed E-state index contributed by atoms with van der Waals surface area (Å²) in [5.74, 6) is -1.88. The zero-order valence-corrected chi connectivity index (χ0v) is 25.4. The number of aliphatic hydroxyl groups is 1. The lowest BCUT2D eigenvalue weighted by molar-refractivity contribution is -0.127. The van der Waals surface area contributed by atoms with E-state index in [4.69, 9.17) is 4.74 Å². The first kappa shape index (κ1) is 33.0. The standard InChI is InChI=1S/C34H32N6O6/c1-21(42)31(33(44)35-26-10-6-4-7-11-26)39-37-28-16-14-23(18-25(28)20-41)24-15-17-29(30(19-24)46-3)38-40-32(22(2)43)34(45)36-27-12-8-5-9-13-27/h4-19,31-32,41H,20H2,1-3H3,(H,35,44)(H,36,45)/b39-37+,40-38+. The highest BCUT2D eigenvalue weighted by Crippen LogP contribution is 2.35. The average Bonchev–Trinajstić information content (AvgIpc) is 3.05. The van der Waals surface area contributed by atoms with Crippen molar-refractivity contribution >= 4 is 46.1 Å². The molecule has 0 heterocycles. The third-order valence-electron chi connectivity index (χ3n) is 6.67. The van der Waals surface area contributed by atoms with Crippen LogP contribution in [-0.4, -0.2) is 47.7 Å². The number of methoxy groups -OCH3 is 1. The second kappa shape index (κ2) is 15.7. The molecule has 0 aliphatic heterocycles. The summed E-state index contributed by atoms with van der Waals surface area (Å²) in [5, 5.41) is 31.6. The van der Waals surface area contributed by atoms with Gasteiger partial charge >= 0.3 is 0 Å². The van der Waals surface area contributed by atoms with Gasteiger partial charge in [-0.25, -0.2) is 0 Å². The largest absolute Gasteiger partial charge is 0.494 e. The van der Waals surface area contributed by atoms with Crippen molar-refractivity contribution in [1.82, 2.24) is 0 Å². The molecule has 0 aliphatic rings. The van der Waals surface area contributed by atoms with Crippen molar-refractivity contribution in [3.05, 3.63) is 103 Å². The summed E-state index contributed by atoms with van der Waals surface area (Å²) >= 11 is 0. The van der Waals surface area contributed by atoms with Gasteiger partial charge in [-0.2, -0.15) is 20.5 Å². The molecule has 4 aromatic carbocycles. The van der Waals surface area contributed by atoms with Crippen LogP contribution in [-0.2, 0) is 25.8 Å². The lowest BCUT2D eigenvalue weighted by atomic mass is 10.0. The van der Waals surface area contributed by atoms with Crippen LogP contribution in [0.3, 0.4) is 0 Å². The fraction of sp³-hybridized carbons (Fsp3) is 0.176. The maximum atomic E-state index is 12.7. The fourth-order valence-corrected chi connectivity index (χ4v) is 4.27. The van der Waals surface area contributed by atoms with Crippen LogP contribution in [0.1, 0.15) is 19.4 Å². The van der Waals surface area contributed by atoms with E-state index >= 15 is 0 Å². The fourth-order valence-electron chi connectivity index (χ4n) is 4.27. The van der Waals surface area contributed by atoms with Crippen LogP contribution in [0.5, 0.6) is 5.75 Å². The van der Waals surface area contributed by atoms with E-state index in [1.54, 1.807) is 97.1 Å². The van der Waals surface area contributed by atoms with Crippen molar-refractivity contribution < 1.29 is 29.0 Å². The molecule has 0 spiro atoms. The zero-order chi connectivity index (χ0) is 33.1. The molecule has 0 aromatic heterocycles. The SMILES string of the molecule is COc1cc(-c2ccc(/N=N/C(C(C)=O)C(=O)Nc3ccccc3)c(CO)c2)ccc1/N=N/C(C(C)=O)C(=O)Nc1ccccc1. The summed E-state index contributed by atoms with van der Waals surface area (Å²) in [6.45, 7) is 2.13. The molecule has 2 amide bonds. The number of carbonyl (C=O) groups is 4. The van der Waals surface area contributed by atoms with Crippen molar-refractivity contribution in [2.24, 2.45) is 20.5 Å². The topological polar surface area (TPSA) is 171 Å². The zero-order valence-electron chi connectivity index (χ0n) is 25.4. The minimum absolute atomic E-state index is 0.284. The van der Waals surface area contributed by atoms with Crippen LogP contribution < -0.4 is 15.4 Å². The first-order valence-electron chi connectivity index (χ1n) is 14.2. The number of hydrogen-bond donors (Lipinski definition) is 3. The van der Waals surface area contributed by atoms with Crippen LogP contribution in [0.4, 0.5) is 22.7 Å². The van der Waals surface area contributed by atoms with E-state index in [-0.39, 0.29) is 12.3 Å². The Bertz CT molecular complexity index is 1640. The quantitative estimate of drug-likeness (QED) is 0.118. The molecule has 3 N–H and O–H groups in total. The minimum Gasteiger partial charge on any atom is -0.494 e. The number of hydrogen-bond acceptors (Lipinski definition) is 10. The number of amides is 2. The van der Waals surface area contributed by atoms with Crippen molar-refractivity contribution in [2.75, 3.05) is 17.7 Å². The third-order valence-corrected chi connectivity index (χ3v) is 6.67. The molecular formula is C34H32N6O6. The number of nitrogens with zero attached hydrogens (tertiary/aromatic N) is 4. The Morgan fingerprint density at radius 2 is 1.13 bits per heavy atom. The normalized spacial score (nSPS) is 12.4. The van der Waals surface area contributed by atoms with Crippen molar-refractivity contribution in [3.8, 4) is 16.9 Å². The highest BCUT2D eigenvalue weighted by atomic mass is 16.5. The third kappa shape index (κ3) is 8.61. The molecule has 0 aliphatic carbocycles. The number of ketones is 2. The summed E-state index contributed by atoms with van der Waals surface area (Å²) in [6.07, 6.45) is 0. The summed E-state index contributed by atoms with van der Waals surface area (Å²) < 4.78 is 5.50. The van der Waals surface area contributed by atoms with E-state index in [0.29, 0.717) is 39.5 Å². The highest BCUT2D eigenvalue weighted by Gasteiger charge is 2.24. The Hall–Kier alpha value is -5.88. The molecule has 2 atom stereocenters. The molecule has 12 heteroatoms. The van der Waals surface area contributed by atoms with Gasteiger partial charge in [0.05, 0.1) is 19.4 Å². The minimum atomic E-state index is -1.37. The summed E-state index contributed by atoms with van der Waals surface area (Å²) in [4.78, 5) is 49.7. The predicted molar refractivity (Wildman–Crippen MR) is 172 cm³/mol. The van der Waals surface area contributed by atoms with Gasteiger partial charge in [0.2, 0.25) is 12.1 Å². The van der Waals surface area contributed by atoms with Gasteiger partial charge in [-0.1, -0.05) is 48.5 Å². The van der Waals surface area contributed by atoms with Crippen molar-refractivity contribution in [1.29, 1.82) is 0 Å². The monoisotopic (exact) mass is 620 g/mol. The van der Waals surface area contributed by atoms with Gasteiger partial charge in [0.25, 0.3) is 11.8 Å². The molecule has 0 fully saturated rings. The van der Waals surface area contributed by atoms with Crippen LogP contribution in [0.25, 0.3) is 11.1 Å². The second-order valence-electron chi connectivity index (χ2n) is 10.1. The van der Waals surface area contributed by atoms with Gasteiger partial charge in [-0.15, -0.1) is 0 Å². The van der Waals surface area contributed by atoms with E-state index in [0.717, 1.165) is 0 Å². The molecule has 0 radical (unpaired) electrons. The van der Waals surface area contributed by atoms with E-state index in [9.17, 15) is 24.3 Å². The molecule has 0 bridgehead atoms. The van der Waals surface area contributed by atoms with E-state index in [2.05, 4.69) is 31.1 Å².